The Morgan fingerprint density at radius 2 is 1.94 bits per heavy atom. The number of rotatable bonds is 7. The van der Waals surface area contributed by atoms with Crippen molar-refractivity contribution in [2.45, 2.75) is 32.2 Å². The van der Waals surface area contributed by atoms with Crippen molar-refractivity contribution in [3.63, 3.8) is 0 Å². The van der Waals surface area contributed by atoms with E-state index in [1.54, 1.807) is 6.07 Å². The Morgan fingerprint density at radius 1 is 1.10 bits per heavy atom. The highest BCUT2D eigenvalue weighted by Gasteiger charge is 2.31. The molecule has 8 heteroatoms. The minimum atomic E-state index is -4.68. The molecule has 0 fully saturated rings. The van der Waals surface area contributed by atoms with Gasteiger partial charge in [-0.1, -0.05) is 24.3 Å². The van der Waals surface area contributed by atoms with Crippen molar-refractivity contribution in [1.82, 2.24) is 10.2 Å². The summed E-state index contributed by atoms with van der Waals surface area (Å²) < 4.78 is 42.5. The van der Waals surface area contributed by atoms with Crippen molar-refractivity contribution in [3.05, 3.63) is 64.5 Å². The molecule has 4 nitrogen and oxygen atoms in total. The number of thiophene rings is 1. The van der Waals surface area contributed by atoms with E-state index in [1.807, 2.05) is 30.3 Å². The number of alkyl halides is 3. The highest BCUT2D eigenvalue weighted by Crippen LogP contribution is 2.28. The summed E-state index contributed by atoms with van der Waals surface area (Å²) in [4.78, 5) is 15.3. The van der Waals surface area contributed by atoms with Crippen molar-refractivity contribution in [3.8, 4) is 5.75 Å². The van der Waals surface area contributed by atoms with Crippen LogP contribution in [-0.4, -0.2) is 36.8 Å². The van der Waals surface area contributed by atoms with E-state index in [4.69, 9.17) is 0 Å². The van der Waals surface area contributed by atoms with Gasteiger partial charge in [0.15, 0.2) is 0 Å². The van der Waals surface area contributed by atoms with Crippen LogP contribution in [0.4, 0.5) is 13.2 Å². The van der Waals surface area contributed by atoms with Gasteiger partial charge in [-0.25, -0.2) is 0 Å². The number of hydrogen-bond acceptors (Lipinski definition) is 4. The summed E-state index contributed by atoms with van der Waals surface area (Å²) in [5.41, 5.74) is 1.95. The van der Waals surface area contributed by atoms with Crippen LogP contribution in [0.25, 0.3) is 10.1 Å². The number of nitrogens with one attached hydrogen (secondary N) is 1. The lowest BCUT2D eigenvalue weighted by Gasteiger charge is -2.29. The first kappa shape index (κ1) is 21.6. The molecule has 31 heavy (non-hydrogen) atoms. The number of ether oxygens (including phenoxy) is 1. The standard InChI is InChI=1S/C23H23F3N2O2S/c24-23(25,26)30-19-8-7-16-9-12-28(15-18(16)13-19)11-4-3-10-27-22(29)21-14-17-5-1-2-6-20(17)31-21/h1-2,5-8,13-14H,3-4,9-12,15H2,(H,27,29). The maximum Gasteiger partial charge on any atom is 0.573 e. The topological polar surface area (TPSA) is 41.6 Å². The molecule has 3 aromatic rings. The van der Waals surface area contributed by atoms with Crippen LogP contribution >= 0.6 is 11.3 Å². The van der Waals surface area contributed by atoms with Crippen LogP contribution in [0.1, 0.15) is 33.6 Å². The molecule has 0 saturated carbocycles. The second-order valence-electron chi connectivity index (χ2n) is 7.62. The first-order chi connectivity index (χ1) is 14.9. The Balaban J connectivity index is 1.21. The van der Waals surface area contributed by atoms with Gasteiger partial charge in [-0.2, -0.15) is 0 Å². The first-order valence-electron chi connectivity index (χ1n) is 10.2. The molecule has 0 aliphatic carbocycles. The average molecular weight is 449 g/mol. The molecule has 0 radical (unpaired) electrons. The fraction of sp³-hybridized carbons (Fsp3) is 0.348. The fourth-order valence-electron chi connectivity index (χ4n) is 3.82. The molecule has 0 spiro atoms. The van der Waals surface area contributed by atoms with Crippen LogP contribution in [0, 0.1) is 0 Å². The third-order valence-corrected chi connectivity index (χ3v) is 6.45. The summed E-state index contributed by atoms with van der Waals surface area (Å²) in [6.45, 7) is 2.92. The van der Waals surface area contributed by atoms with Crippen LogP contribution in [-0.2, 0) is 13.0 Å². The van der Waals surface area contributed by atoms with Crippen molar-refractivity contribution < 1.29 is 22.7 Å². The number of halogens is 3. The molecule has 1 amide bonds. The van der Waals surface area contributed by atoms with Crippen molar-refractivity contribution in [1.29, 1.82) is 0 Å². The molecule has 1 N–H and O–H groups in total. The molecule has 1 aromatic heterocycles. The summed E-state index contributed by atoms with van der Waals surface area (Å²) in [5, 5.41) is 4.05. The van der Waals surface area contributed by atoms with Gasteiger partial charge in [0.25, 0.3) is 5.91 Å². The van der Waals surface area contributed by atoms with E-state index in [0.717, 1.165) is 53.6 Å². The average Bonchev–Trinajstić information content (AvgIpc) is 3.16. The van der Waals surface area contributed by atoms with Gasteiger partial charge in [-0.3, -0.25) is 9.69 Å². The molecule has 0 bridgehead atoms. The van der Waals surface area contributed by atoms with E-state index in [1.165, 1.54) is 23.5 Å². The molecule has 1 aliphatic heterocycles. The van der Waals surface area contributed by atoms with Gasteiger partial charge in [0.05, 0.1) is 4.88 Å². The Hall–Kier alpha value is -2.58. The molecule has 0 atom stereocenters. The van der Waals surface area contributed by atoms with Gasteiger partial charge in [-0.05, 0) is 66.6 Å². The third-order valence-electron chi connectivity index (χ3n) is 5.34. The quantitative estimate of drug-likeness (QED) is 0.494. The minimum Gasteiger partial charge on any atom is -0.406 e. The zero-order chi connectivity index (χ0) is 21.8. The highest BCUT2D eigenvalue weighted by atomic mass is 32.1. The monoisotopic (exact) mass is 448 g/mol. The summed E-state index contributed by atoms with van der Waals surface area (Å²) in [6, 6.07) is 14.4. The number of unbranched alkanes of at least 4 members (excludes halogenated alkanes) is 1. The summed E-state index contributed by atoms with van der Waals surface area (Å²) in [5.74, 6) is -0.220. The molecule has 2 heterocycles. The maximum atomic E-state index is 12.4. The smallest absolute Gasteiger partial charge is 0.406 e. The predicted octanol–water partition coefficient (Wildman–Crippen LogP) is 5.37. The minimum absolute atomic E-state index is 0.0507. The number of fused-ring (bicyclic) bond motifs is 2. The molecule has 4 rings (SSSR count). The Bertz CT molecular complexity index is 1030. The number of nitrogens with zero attached hydrogens (tertiary/aromatic N) is 1. The molecule has 0 unspecified atom stereocenters. The number of carbonyl (C=O) groups is 1. The largest absolute Gasteiger partial charge is 0.573 e. The molecular formula is C23H23F3N2O2S. The van der Waals surface area contributed by atoms with Crippen molar-refractivity contribution >= 4 is 27.3 Å². The normalized spacial score (nSPS) is 14.4. The second-order valence-corrected chi connectivity index (χ2v) is 8.70. The van der Waals surface area contributed by atoms with Gasteiger partial charge < -0.3 is 10.1 Å². The SMILES string of the molecule is O=C(NCCCCN1CCc2ccc(OC(F)(F)F)cc2C1)c1cc2ccccc2s1. The van der Waals surface area contributed by atoms with E-state index in [-0.39, 0.29) is 11.7 Å². The van der Waals surface area contributed by atoms with Gasteiger partial charge >= 0.3 is 6.36 Å². The number of carbonyl (C=O) groups excluding carboxylic acids is 1. The van der Waals surface area contributed by atoms with E-state index in [0.29, 0.717) is 18.0 Å². The van der Waals surface area contributed by atoms with Gasteiger partial charge in [-0.15, -0.1) is 24.5 Å². The van der Waals surface area contributed by atoms with E-state index < -0.39 is 6.36 Å². The number of benzene rings is 2. The zero-order valence-corrected chi connectivity index (χ0v) is 17.7. The lowest BCUT2D eigenvalue weighted by atomic mass is 9.99. The number of hydrogen-bond donors (Lipinski definition) is 1. The van der Waals surface area contributed by atoms with Gasteiger partial charge in [0.2, 0.25) is 0 Å². The first-order valence-corrected chi connectivity index (χ1v) is 11.1. The van der Waals surface area contributed by atoms with Crippen LogP contribution in [0.5, 0.6) is 5.75 Å². The van der Waals surface area contributed by atoms with E-state index >= 15 is 0 Å². The lowest BCUT2D eigenvalue weighted by Crippen LogP contribution is -2.32. The molecule has 0 saturated heterocycles. The molecule has 2 aromatic carbocycles. The van der Waals surface area contributed by atoms with Gasteiger partial charge in [0.1, 0.15) is 5.75 Å². The lowest BCUT2D eigenvalue weighted by molar-refractivity contribution is -0.274. The number of amides is 1. The Morgan fingerprint density at radius 3 is 2.74 bits per heavy atom. The van der Waals surface area contributed by atoms with Crippen LogP contribution in [0.15, 0.2) is 48.5 Å². The predicted molar refractivity (Wildman–Crippen MR) is 115 cm³/mol. The highest BCUT2D eigenvalue weighted by molar-refractivity contribution is 7.20. The Labute approximate surface area is 182 Å². The van der Waals surface area contributed by atoms with E-state index in [9.17, 15) is 18.0 Å². The van der Waals surface area contributed by atoms with Crippen molar-refractivity contribution in [2.75, 3.05) is 19.6 Å². The summed E-state index contributed by atoms with van der Waals surface area (Å²) in [7, 11) is 0. The third kappa shape index (κ3) is 5.77. The summed E-state index contributed by atoms with van der Waals surface area (Å²) in [6.07, 6.45) is -2.12. The maximum absolute atomic E-state index is 12.4. The van der Waals surface area contributed by atoms with Crippen LogP contribution in [0.3, 0.4) is 0 Å². The fourth-order valence-corrected chi connectivity index (χ4v) is 4.80. The van der Waals surface area contributed by atoms with Crippen LogP contribution in [0.2, 0.25) is 0 Å². The van der Waals surface area contributed by atoms with Gasteiger partial charge in [0, 0.05) is 24.3 Å². The molecule has 1 aliphatic rings. The van der Waals surface area contributed by atoms with Crippen molar-refractivity contribution in [2.24, 2.45) is 0 Å². The Kier molecular flexibility index (Phi) is 6.48. The second kappa shape index (κ2) is 9.28. The van der Waals surface area contributed by atoms with E-state index in [2.05, 4.69) is 15.0 Å². The molecule has 164 valence electrons. The summed E-state index contributed by atoms with van der Waals surface area (Å²) >= 11 is 1.49. The van der Waals surface area contributed by atoms with Crippen LogP contribution < -0.4 is 10.1 Å². The molecular weight excluding hydrogens is 425 g/mol. The zero-order valence-electron chi connectivity index (χ0n) is 16.9.